The molecule has 3 unspecified atom stereocenters. The van der Waals surface area contributed by atoms with E-state index in [9.17, 15) is 10.2 Å². The Labute approximate surface area is 201 Å². The molecule has 3 aromatic heterocycles. The van der Waals surface area contributed by atoms with Crippen molar-refractivity contribution in [3.05, 3.63) is 60.7 Å². The van der Waals surface area contributed by atoms with E-state index in [1.165, 1.54) is 44.6 Å². The van der Waals surface area contributed by atoms with E-state index in [1.54, 1.807) is 0 Å². The summed E-state index contributed by atoms with van der Waals surface area (Å²) in [6.07, 6.45) is 0.926. The highest BCUT2D eigenvalue weighted by atomic mass is 16.5. The number of imidazole rings is 1. The molecule has 180 valence electrons. The highest BCUT2D eigenvalue weighted by Gasteiger charge is 2.50. The van der Waals surface area contributed by atoms with E-state index in [4.69, 9.17) is 10.5 Å². The number of rotatable bonds is 6. The van der Waals surface area contributed by atoms with Gasteiger partial charge in [-0.3, -0.25) is 4.57 Å². The Kier molecular flexibility index (Phi) is 5.19. The number of benzene rings is 2. The molecule has 4 heterocycles. The van der Waals surface area contributed by atoms with E-state index in [1.807, 2.05) is 0 Å². The molecule has 0 saturated carbocycles. The Balaban J connectivity index is 1.16. The monoisotopic (exact) mass is 473 g/mol. The lowest BCUT2D eigenvalue weighted by molar-refractivity contribution is -0.107. The van der Waals surface area contributed by atoms with Crippen molar-refractivity contribution >= 4 is 38.8 Å². The van der Waals surface area contributed by atoms with Crippen LogP contribution in [0.2, 0.25) is 0 Å². The van der Waals surface area contributed by atoms with Crippen molar-refractivity contribution in [3.8, 4) is 0 Å². The van der Waals surface area contributed by atoms with E-state index in [2.05, 4.69) is 74.2 Å². The molecule has 35 heavy (non-hydrogen) atoms. The molecule has 5 aromatic rings. The van der Waals surface area contributed by atoms with Crippen molar-refractivity contribution in [1.82, 2.24) is 29.4 Å². The zero-order chi connectivity index (χ0) is 24.2. The van der Waals surface area contributed by atoms with Gasteiger partial charge in [0.05, 0.1) is 12.9 Å². The van der Waals surface area contributed by atoms with Crippen LogP contribution in [0, 0.1) is 6.92 Å². The molecule has 1 fully saturated rings. The summed E-state index contributed by atoms with van der Waals surface area (Å²) in [5, 5.41) is 28.1. The van der Waals surface area contributed by atoms with Crippen LogP contribution >= 0.6 is 0 Å². The summed E-state index contributed by atoms with van der Waals surface area (Å²) in [7, 11) is 0. The fraction of sp³-hybridized carbons (Fsp3) is 0.320. The van der Waals surface area contributed by atoms with Crippen LogP contribution in [0.25, 0.3) is 33.0 Å². The highest BCUT2D eigenvalue weighted by molar-refractivity contribution is 6.08. The van der Waals surface area contributed by atoms with Crippen LogP contribution in [0.4, 0.5) is 5.82 Å². The van der Waals surface area contributed by atoms with Crippen molar-refractivity contribution in [2.24, 2.45) is 0 Å². The van der Waals surface area contributed by atoms with Gasteiger partial charge < -0.3 is 30.6 Å². The molecule has 1 aliphatic heterocycles. The summed E-state index contributed by atoms with van der Waals surface area (Å²) in [4.78, 5) is 12.3. The summed E-state index contributed by atoms with van der Waals surface area (Å²) >= 11 is 0. The van der Waals surface area contributed by atoms with Crippen molar-refractivity contribution in [2.75, 3.05) is 25.4 Å². The third-order valence-corrected chi connectivity index (χ3v) is 6.90. The first-order valence-electron chi connectivity index (χ1n) is 11.6. The van der Waals surface area contributed by atoms with Crippen LogP contribution in [0.5, 0.6) is 0 Å². The molecule has 0 aliphatic carbocycles. The molecular weight excluding hydrogens is 446 g/mol. The molecule has 10 heteroatoms. The maximum Gasteiger partial charge on any atom is 0.197 e. The minimum atomic E-state index is -1.70. The quantitative estimate of drug-likeness (QED) is 0.273. The number of fused-ring (bicyclic) bond motifs is 4. The van der Waals surface area contributed by atoms with Crippen molar-refractivity contribution in [3.63, 3.8) is 0 Å². The van der Waals surface area contributed by atoms with E-state index in [0.29, 0.717) is 24.3 Å². The number of aliphatic hydroxyl groups excluding tert-OH is 1. The minimum absolute atomic E-state index is 0.0952. The Morgan fingerprint density at radius 2 is 1.97 bits per heavy atom. The maximum atomic E-state index is 11.3. The summed E-state index contributed by atoms with van der Waals surface area (Å²) in [5.74, 6) is 0.212. The first-order valence-corrected chi connectivity index (χ1v) is 11.6. The van der Waals surface area contributed by atoms with E-state index < -0.39 is 17.9 Å². The number of nitrogens with zero attached hydrogens (tertiary/aromatic N) is 5. The lowest BCUT2D eigenvalue weighted by Crippen LogP contribution is -2.48. The lowest BCUT2D eigenvalue weighted by Gasteiger charge is -2.28. The SMILES string of the molecule is Cc1ccc2c3ccccc3n(CCNCC3OCC(O)(n4cnc5c(N)ncnc54)C3O)c2c1. The number of aromatic nitrogens is 5. The van der Waals surface area contributed by atoms with Crippen LogP contribution in [-0.2, 0) is 17.0 Å². The first-order chi connectivity index (χ1) is 17.0. The van der Waals surface area contributed by atoms with Crippen molar-refractivity contribution in [2.45, 2.75) is 31.4 Å². The van der Waals surface area contributed by atoms with Gasteiger partial charge >= 0.3 is 0 Å². The summed E-state index contributed by atoms with van der Waals surface area (Å²) in [5.41, 5.74) is 8.48. The van der Waals surface area contributed by atoms with Crippen LogP contribution in [0.15, 0.2) is 55.1 Å². The van der Waals surface area contributed by atoms with Gasteiger partial charge in [-0.15, -0.1) is 0 Å². The minimum Gasteiger partial charge on any atom is -0.385 e. The van der Waals surface area contributed by atoms with Gasteiger partial charge in [-0.2, -0.15) is 0 Å². The van der Waals surface area contributed by atoms with E-state index >= 15 is 0 Å². The molecule has 0 bridgehead atoms. The number of hydrogen-bond donors (Lipinski definition) is 4. The zero-order valence-electron chi connectivity index (χ0n) is 19.3. The molecule has 0 radical (unpaired) electrons. The third kappa shape index (κ3) is 3.45. The molecule has 3 atom stereocenters. The number of nitrogens with one attached hydrogen (secondary N) is 1. The Hall–Kier alpha value is -3.57. The Morgan fingerprint density at radius 3 is 2.86 bits per heavy atom. The summed E-state index contributed by atoms with van der Waals surface area (Å²) in [6.45, 7) is 3.81. The van der Waals surface area contributed by atoms with E-state index in [-0.39, 0.29) is 12.4 Å². The molecule has 0 amide bonds. The van der Waals surface area contributed by atoms with Gasteiger partial charge in [-0.1, -0.05) is 30.3 Å². The van der Waals surface area contributed by atoms with Crippen LogP contribution < -0.4 is 11.1 Å². The van der Waals surface area contributed by atoms with Crippen LogP contribution in [0.3, 0.4) is 0 Å². The molecule has 10 nitrogen and oxygen atoms in total. The second-order valence-electron chi connectivity index (χ2n) is 9.11. The molecule has 1 aliphatic rings. The number of aryl methyl sites for hydroxylation is 1. The molecule has 0 spiro atoms. The van der Waals surface area contributed by atoms with Gasteiger partial charge in [0.25, 0.3) is 0 Å². The number of para-hydroxylation sites is 1. The standard InChI is InChI=1S/C25H27N7O3/c1-15-6-7-17-16-4-2-3-5-18(16)31(19(17)10-15)9-8-27-11-20-22(33)25(34,12-35-20)32-14-30-21-23(26)28-13-29-24(21)32/h2-7,10,13-14,20,22,27,33-34H,8-9,11-12H2,1H3,(H2,26,28,29). The molecule has 2 aromatic carbocycles. The third-order valence-electron chi connectivity index (χ3n) is 6.90. The average molecular weight is 474 g/mol. The number of anilines is 1. The van der Waals surface area contributed by atoms with Gasteiger partial charge in [-0.05, 0) is 24.6 Å². The van der Waals surface area contributed by atoms with Gasteiger partial charge in [0.2, 0.25) is 0 Å². The number of nitrogen functional groups attached to an aromatic ring is 1. The summed E-state index contributed by atoms with van der Waals surface area (Å²) < 4.78 is 9.51. The second-order valence-corrected chi connectivity index (χ2v) is 9.11. The number of aliphatic hydroxyl groups is 2. The number of nitrogens with two attached hydrogens (primary N) is 1. The van der Waals surface area contributed by atoms with Gasteiger partial charge in [0.15, 0.2) is 17.2 Å². The number of hydrogen-bond acceptors (Lipinski definition) is 8. The van der Waals surface area contributed by atoms with Crippen LogP contribution in [0.1, 0.15) is 5.56 Å². The van der Waals surface area contributed by atoms with E-state index in [0.717, 1.165) is 6.54 Å². The number of ether oxygens (including phenoxy) is 1. The predicted molar refractivity (Wildman–Crippen MR) is 133 cm³/mol. The lowest BCUT2D eigenvalue weighted by atomic mass is 10.1. The summed E-state index contributed by atoms with van der Waals surface area (Å²) in [6, 6.07) is 14.9. The van der Waals surface area contributed by atoms with Crippen LogP contribution in [-0.4, -0.2) is 66.2 Å². The molecule has 5 N–H and O–H groups in total. The highest BCUT2D eigenvalue weighted by Crippen LogP contribution is 2.32. The fourth-order valence-electron chi connectivity index (χ4n) is 5.06. The predicted octanol–water partition coefficient (Wildman–Crippen LogP) is 1.52. The Morgan fingerprint density at radius 1 is 1.14 bits per heavy atom. The smallest absolute Gasteiger partial charge is 0.197 e. The molecule has 1 saturated heterocycles. The van der Waals surface area contributed by atoms with Gasteiger partial charge in [0, 0.05) is 41.4 Å². The molecular formula is C25H27N7O3. The average Bonchev–Trinajstić information content (AvgIpc) is 3.51. The first kappa shape index (κ1) is 21.9. The van der Waals surface area contributed by atoms with Gasteiger partial charge in [0.1, 0.15) is 24.1 Å². The second kappa shape index (κ2) is 8.28. The topological polar surface area (TPSA) is 136 Å². The van der Waals surface area contributed by atoms with Gasteiger partial charge in [-0.25, -0.2) is 15.0 Å². The van der Waals surface area contributed by atoms with Crippen molar-refractivity contribution in [1.29, 1.82) is 0 Å². The molecule has 6 rings (SSSR count). The van der Waals surface area contributed by atoms with Crippen molar-refractivity contribution < 1.29 is 14.9 Å². The zero-order valence-corrected chi connectivity index (χ0v) is 19.3. The maximum absolute atomic E-state index is 11.3. The Bertz CT molecular complexity index is 1540. The largest absolute Gasteiger partial charge is 0.385 e. The normalized spacial score (nSPS) is 22.6. The fourth-order valence-corrected chi connectivity index (χ4v) is 5.06.